The first kappa shape index (κ1) is 14.9. The van der Waals surface area contributed by atoms with E-state index in [1.807, 2.05) is 0 Å². The maximum atomic E-state index is 13.7. The Morgan fingerprint density at radius 1 is 1.29 bits per heavy atom. The Kier molecular flexibility index (Phi) is 4.16. The predicted molar refractivity (Wildman–Crippen MR) is 76.5 cm³/mol. The van der Waals surface area contributed by atoms with Crippen LogP contribution in [-0.4, -0.2) is 21.5 Å². The minimum atomic E-state index is -0.688. The van der Waals surface area contributed by atoms with Gasteiger partial charge in [0.15, 0.2) is 0 Å². The number of aromatic nitrogens is 2. The van der Waals surface area contributed by atoms with Crippen molar-refractivity contribution in [1.29, 1.82) is 0 Å². The molecule has 110 valence electrons. The second-order valence-corrected chi connectivity index (χ2v) is 4.81. The SMILES string of the molecule is CC(=O)C(=O)Nc1c(C)nn(Cc2ccccc2F)c1C. The number of halogens is 1. The van der Waals surface area contributed by atoms with E-state index in [9.17, 15) is 14.0 Å². The lowest BCUT2D eigenvalue weighted by Gasteiger charge is -2.07. The van der Waals surface area contributed by atoms with Crippen molar-refractivity contribution in [3.63, 3.8) is 0 Å². The Labute approximate surface area is 121 Å². The highest BCUT2D eigenvalue weighted by Gasteiger charge is 2.17. The van der Waals surface area contributed by atoms with Crippen LogP contribution in [0, 0.1) is 19.7 Å². The number of benzene rings is 1. The van der Waals surface area contributed by atoms with Gasteiger partial charge >= 0.3 is 0 Å². The number of anilines is 1. The number of carbonyl (C=O) groups excluding carboxylic acids is 2. The monoisotopic (exact) mass is 289 g/mol. The van der Waals surface area contributed by atoms with Crippen LogP contribution in [0.1, 0.15) is 23.9 Å². The molecule has 1 heterocycles. The lowest BCUT2D eigenvalue weighted by Crippen LogP contribution is -2.20. The summed E-state index contributed by atoms with van der Waals surface area (Å²) in [5.41, 5.74) is 2.25. The summed E-state index contributed by atoms with van der Waals surface area (Å²) < 4.78 is 15.3. The molecule has 0 saturated heterocycles. The van der Waals surface area contributed by atoms with E-state index in [1.54, 1.807) is 36.7 Å². The van der Waals surface area contributed by atoms with Crippen molar-refractivity contribution >= 4 is 17.4 Å². The molecule has 1 aromatic heterocycles. The molecule has 0 fully saturated rings. The lowest BCUT2D eigenvalue weighted by atomic mass is 10.2. The Morgan fingerprint density at radius 3 is 2.57 bits per heavy atom. The van der Waals surface area contributed by atoms with Gasteiger partial charge in [-0.3, -0.25) is 14.3 Å². The Hall–Kier alpha value is -2.50. The summed E-state index contributed by atoms with van der Waals surface area (Å²) in [4.78, 5) is 22.5. The van der Waals surface area contributed by atoms with Gasteiger partial charge in [0.2, 0.25) is 5.78 Å². The fraction of sp³-hybridized carbons (Fsp3) is 0.267. The molecule has 1 N–H and O–H groups in total. The van der Waals surface area contributed by atoms with Gasteiger partial charge in [-0.25, -0.2) is 4.39 Å². The van der Waals surface area contributed by atoms with Crippen molar-refractivity contribution in [3.05, 3.63) is 47.0 Å². The third kappa shape index (κ3) is 3.16. The Morgan fingerprint density at radius 2 is 1.95 bits per heavy atom. The fourth-order valence-electron chi connectivity index (χ4n) is 2.02. The minimum absolute atomic E-state index is 0.259. The van der Waals surface area contributed by atoms with Crippen molar-refractivity contribution in [2.75, 3.05) is 5.32 Å². The molecule has 2 rings (SSSR count). The highest BCUT2D eigenvalue weighted by Crippen LogP contribution is 2.21. The summed E-state index contributed by atoms with van der Waals surface area (Å²) in [7, 11) is 0. The van der Waals surface area contributed by atoms with Crippen molar-refractivity contribution < 1.29 is 14.0 Å². The van der Waals surface area contributed by atoms with Crippen LogP contribution in [0.2, 0.25) is 0 Å². The zero-order valence-corrected chi connectivity index (χ0v) is 12.1. The molecular weight excluding hydrogens is 273 g/mol. The summed E-state index contributed by atoms with van der Waals surface area (Å²) >= 11 is 0. The van der Waals surface area contributed by atoms with Gasteiger partial charge in [-0.1, -0.05) is 18.2 Å². The number of carbonyl (C=O) groups is 2. The molecule has 0 atom stereocenters. The van der Waals surface area contributed by atoms with Crippen molar-refractivity contribution in [2.45, 2.75) is 27.3 Å². The highest BCUT2D eigenvalue weighted by atomic mass is 19.1. The molecule has 6 heteroatoms. The van der Waals surface area contributed by atoms with Gasteiger partial charge in [-0.2, -0.15) is 5.10 Å². The van der Waals surface area contributed by atoms with Gasteiger partial charge in [0.25, 0.3) is 5.91 Å². The summed E-state index contributed by atoms with van der Waals surface area (Å²) in [6, 6.07) is 6.44. The van der Waals surface area contributed by atoms with Crippen LogP contribution in [-0.2, 0) is 16.1 Å². The van der Waals surface area contributed by atoms with Crippen molar-refractivity contribution in [2.24, 2.45) is 0 Å². The average molecular weight is 289 g/mol. The molecule has 0 radical (unpaired) electrons. The van der Waals surface area contributed by atoms with E-state index in [0.29, 0.717) is 22.6 Å². The fourth-order valence-corrected chi connectivity index (χ4v) is 2.02. The summed E-state index contributed by atoms with van der Waals surface area (Å²) in [6.45, 7) is 4.94. The average Bonchev–Trinajstić information content (AvgIpc) is 2.69. The smallest absolute Gasteiger partial charge is 0.291 e. The standard InChI is InChI=1S/C15H16FN3O2/c1-9-14(17-15(21)11(3)20)10(2)19(18-9)8-12-6-4-5-7-13(12)16/h4-7H,8H2,1-3H3,(H,17,21). The second kappa shape index (κ2) is 5.87. The normalized spacial score (nSPS) is 10.5. The van der Waals surface area contributed by atoms with Crippen LogP contribution >= 0.6 is 0 Å². The number of aryl methyl sites for hydroxylation is 1. The first-order valence-corrected chi connectivity index (χ1v) is 6.49. The Bertz CT molecular complexity index is 707. The number of amides is 1. The Balaban J connectivity index is 2.29. The number of nitrogens with zero attached hydrogens (tertiary/aromatic N) is 2. The number of Topliss-reactive ketones (excluding diaryl/α,β-unsaturated/α-hetero) is 1. The molecule has 0 aliphatic carbocycles. The largest absolute Gasteiger partial charge is 0.316 e. The number of hydrogen-bond donors (Lipinski definition) is 1. The zero-order chi connectivity index (χ0) is 15.6. The minimum Gasteiger partial charge on any atom is -0.316 e. The third-order valence-corrected chi connectivity index (χ3v) is 3.22. The number of rotatable bonds is 4. The summed E-state index contributed by atoms with van der Waals surface area (Å²) in [6.07, 6.45) is 0. The van der Waals surface area contributed by atoms with Gasteiger partial charge in [0, 0.05) is 12.5 Å². The summed E-state index contributed by atoms with van der Waals surface area (Å²) in [5, 5.41) is 6.82. The predicted octanol–water partition coefficient (Wildman–Crippen LogP) is 2.21. The molecule has 1 amide bonds. The topological polar surface area (TPSA) is 64.0 Å². The molecule has 5 nitrogen and oxygen atoms in total. The maximum Gasteiger partial charge on any atom is 0.291 e. The molecule has 0 bridgehead atoms. The van der Waals surface area contributed by atoms with E-state index in [2.05, 4.69) is 10.4 Å². The molecule has 0 unspecified atom stereocenters. The van der Waals surface area contributed by atoms with Crippen LogP contribution in [0.3, 0.4) is 0 Å². The van der Waals surface area contributed by atoms with Gasteiger partial charge in [-0.15, -0.1) is 0 Å². The molecule has 2 aromatic rings. The molecule has 1 aromatic carbocycles. The summed E-state index contributed by atoms with van der Waals surface area (Å²) in [5.74, 6) is -1.57. The van der Waals surface area contributed by atoms with Gasteiger partial charge < -0.3 is 5.32 Å². The van der Waals surface area contributed by atoms with E-state index in [0.717, 1.165) is 0 Å². The quantitative estimate of drug-likeness (QED) is 0.878. The second-order valence-electron chi connectivity index (χ2n) is 4.81. The lowest BCUT2D eigenvalue weighted by molar-refractivity contribution is -0.133. The first-order valence-electron chi connectivity index (χ1n) is 6.49. The van der Waals surface area contributed by atoms with Gasteiger partial charge in [-0.05, 0) is 19.9 Å². The van der Waals surface area contributed by atoms with Crippen LogP contribution < -0.4 is 5.32 Å². The van der Waals surface area contributed by atoms with Gasteiger partial charge in [0.05, 0.1) is 23.6 Å². The van der Waals surface area contributed by atoms with E-state index in [-0.39, 0.29) is 12.4 Å². The maximum absolute atomic E-state index is 13.7. The van der Waals surface area contributed by atoms with Crippen molar-refractivity contribution in [1.82, 2.24) is 9.78 Å². The molecule has 0 aliphatic rings. The zero-order valence-electron chi connectivity index (χ0n) is 12.1. The first-order chi connectivity index (χ1) is 9.90. The van der Waals surface area contributed by atoms with E-state index in [1.165, 1.54) is 13.0 Å². The highest BCUT2D eigenvalue weighted by molar-refractivity contribution is 6.39. The molecule has 0 aliphatic heterocycles. The van der Waals surface area contributed by atoms with E-state index in [4.69, 9.17) is 0 Å². The number of ketones is 1. The van der Waals surface area contributed by atoms with Crippen molar-refractivity contribution in [3.8, 4) is 0 Å². The van der Waals surface area contributed by atoms with Crippen LogP contribution in [0.15, 0.2) is 24.3 Å². The van der Waals surface area contributed by atoms with Gasteiger partial charge in [0.1, 0.15) is 5.82 Å². The number of nitrogens with one attached hydrogen (secondary N) is 1. The molecular formula is C15H16FN3O2. The van der Waals surface area contributed by atoms with Crippen LogP contribution in [0.4, 0.5) is 10.1 Å². The molecule has 0 spiro atoms. The molecule has 0 saturated carbocycles. The van der Waals surface area contributed by atoms with Crippen LogP contribution in [0.25, 0.3) is 0 Å². The van der Waals surface area contributed by atoms with E-state index >= 15 is 0 Å². The molecule has 21 heavy (non-hydrogen) atoms. The third-order valence-electron chi connectivity index (χ3n) is 3.22. The van der Waals surface area contributed by atoms with Crippen LogP contribution in [0.5, 0.6) is 0 Å². The van der Waals surface area contributed by atoms with E-state index < -0.39 is 11.7 Å². The number of hydrogen-bond acceptors (Lipinski definition) is 3.